The van der Waals surface area contributed by atoms with Gasteiger partial charge >= 0.3 is 5.69 Å². The Labute approximate surface area is 90.2 Å². The van der Waals surface area contributed by atoms with Crippen molar-refractivity contribution in [1.82, 2.24) is 25.0 Å². The monoisotopic (exact) mass is 225 g/mol. The van der Waals surface area contributed by atoms with Gasteiger partial charge in [0.05, 0.1) is 0 Å². The van der Waals surface area contributed by atoms with E-state index in [2.05, 4.69) is 15.2 Å². The van der Waals surface area contributed by atoms with Gasteiger partial charge in [-0.05, 0) is 0 Å². The number of piperazine rings is 1. The third-order valence-electron chi connectivity index (χ3n) is 2.45. The Morgan fingerprint density at radius 1 is 1.31 bits per heavy atom. The number of amides is 2. The maximum Gasteiger partial charge on any atom is 0.341 e. The topological polar surface area (TPSA) is 102 Å². The number of nitrogens with zero attached hydrogens (tertiary/aromatic N) is 3. The van der Waals surface area contributed by atoms with Gasteiger partial charge in [0.25, 0.3) is 5.91 Å². The minimum Gasteiger partial charge on any atom is -0.342 e. The molecule has 8 nitrogen and oxygen atoms in total. The molecule has 1 saturated heterocycles. The molecule has 0 aromatic carbocycles. The molecule has 2 amide bonds. The Balaban J connectivity index is 2.02. The van der Waals surface area contributed by atoms with Crippen LogP contribution in [-0.2, 0) is 4.79 Å². The van der Waals surface area contributed by atoms with E-state index >= 15 is 0 Å². The predicted molar refractivity (Wildman–Crippen MR) is 52.7 cm³/mol. The Morgan fingerprint density at radius 3 is 2.50 bits per heavy atom. The first-order chi connectivity index (χ1) is 7.70. The van der Waals surface area contributed by atoms with Crippen molar-refractivity contribution in [2.24, 2.45) is 0 Å². The standard InChI is InChI=1S/C8H11N5O3/c14-5-12-1-3-13(4-2-12)7(15)6-9-8(16)11-10-6/h5H,1-4H2,(H2,9,10,11,16). The Bertz CT molecular complexity index is 443. The van der Waals surface area contributed by atoms with Crippen LogP contribution in [0.5, 0.6) is 0 Å². The van der Waals surface area contributed by atoms with Crippen LogP contribution in [0, 0.1) is 0 Å². The highest BCUT2D eigenvalue weighted by molar-refractivity contribution is 5.90. The summed E-state index contributed by atoms with van der Waals surface area (Å²) in [5, 5.41) is 5.70. The quantitative estimate of drug-likeness (QED) is 0.569. The average Bonchev–Trinajstić information content (AvgIpc) is 2.75. The third-order valence-corrected chi connectivity index (χ3v) is 2.45. The van der Waals surface area contributed by atoms with Crippen LogP contribution in [0.15, 0.2) is 4.79 Å². The molecule has 2 rings (SSSR count). The van der Waals surface area contributed by atoms with Gasteiger partial charge in [0.1, 0.15) is 0 Å². The smallest absolute Gasteiger partial charge is 0.341 e. The first kappa shape index (κ1) is 10.4. The molecule has 1 aliphatic heterocycles. The molecule has 1 aromatic heterocycles. The Hall–Kier alpha value is -2.12. The first-order valence-corrected chi connectivity index (χ1v) is 4.84. The van der Waals surface area contributed by atoms with Crippen molar-refractivity contribution in [1.29, 1.82) is 0 Å². The number of H-pyrrole nitrogens is 2. The number of carbonyl (C=O) groups excluding carboxylic acids is 2. The Kier molecular flexibility index (Phi) is 2.71. The fourth-order valence-corrected chi connectivity index (χ4v) is 1.55. The van der Waals surface area contributed by atoms with Crippen molar-refractivity contribution >= 4 is 12.3 Å². The molecule has 8 heteroatoms. The lowest BCUT2D eigenvalue weighted by atomic mass is 10.3. The van der Waals surface area contributed by atoms with Crippen molar-refractivity contribution in [2.75, 3.05) is 26.2 Å². The molecule has 2 N–H and O–H groups in total. The molecule has 86 valence electrons. The van der Waals surface area contributed by atoms with Gasteiger partial charge in [-0.15, -0.1) is 5.10 Å². The van der Waals surface area contributed by atoms with Gasteiger partial charge in [0.2, 0.25) is 12.2 Å². The zero-order valence-electron chi connectivity index (χ0n) is 8.47. The normalized spacial score (nSPS) is 16.2. The van der Waals surface area contributed by atoms with E-state index in [1.165, 1.54) is 0 Å². The molecule has 0 spiro atoms. The summed E-state index contributed by atoms with van der Waals surface area (Å²) < 4.78 is 0. The fourth-order valence-electron chi connectivity index (χ4n) is 1.55. The molecule has 1 fully saturated rings. The summed E-state index contributed by atoms with van der Waals surface area (Å²) in [5.74, 6) is -0.326. The van der Waals surface area contributed by atoms with E-state index in [4.69, 9.17) is 0 Å². The molecule has 1 aliphatic rings. The third kappa shape index (κ3) is 1.95. The number of hydrogen-bond acceptors (Lipinski definition) is 4. The molecule has 0 radical (unpaired) electrons. The molecule has 16 heavy (non-hydrogen) atoms. The van der Waals surface area contributed by atoms with Crippen molar-refractivity contribution in [3.8, 4) is 0 Å². The summed E-state index contributed by atoms with van der Waals surface area (Å²) in [6, 6.07) is 0. The van der Waals surface area contributed by atoms with Gasteiger partial charge in [0.15, 0.2) is 0 Å². The minimum atomic E-state index is -0.505. The molecule has 0 bridgehead atoms. The van der Waals surface area contributed by atoms with Gasteiger partial charge in [-0.25, -0.2) is 9.89 Å². The van der Waals surface area contributed by atoms with E-state index in [1.807, 2.05) is 0 Å². The summed E-state index contributed by atoms with van der Waals surface area (Å²) in [4.78, 5) is 38.5. The number of hydrogen-bond donors (Lipinski definition) is 2. The van der Waals surface area contributed by atoms with Gasteiger partial charge in [-0.1, -0.05) is 0 Å². The second-order valence-corrected chi connectivity index (χ2v) is 3.46. The highest BCUT2D eigenvalue weighted by Gasteiger charge is 2.23. The molecular weight excluding hydrogens is 214 g/mol. The van der Waals surface area contributed by atoms with Crippen LogP contribution in [-0.4, -0.2) is 63.5 Å². The van der Waals surface area contributed by atoms with Crippen LogP contribution < -0.4 is 5.69 Å². The molecule has 0 saturated carbocycles. The predicted octanol–water partition coefficient (Wildman–Crippen LogP) is -1.99. The lowest BCUT2D eigenvalue weighted by molar-refractivity contribution is -0.119. The maximum absolute atomic E-state index is 11.8. The zero-order valence-corrected chi connectivity index (χ0v) is 8.47. The second-order valence-electron chi connectivity index (χ2n) is 3.46. The summed E-state index contributed by atoms with van der Waals surface area (Å²) in [5.41, 5.74) is -0.505. The van der Waals surface area contributed by atoms with E-state index in [1.54, 1.807) is 9.80 Å². The lowest BCUT2D eigenvalue weighted by Crippen LogP contribution is -2.48. The van der Waals surface area contributed by atoms with Gasteiger partial charge in [-0.3, -0.25) is 14.6 Å². The van der Waals surface area contributed by atoms with Crippen molar-refractivity contribution in [3.05, 3.63) is 16.3 Å². The zero-order chi connectivity index (χ0) is 11.5. The largest absolute Gasteiger partial charge is 0.342 e. The number of nitrogens with one attached hydrogen (secondary N) is 2. The van der Waals surface area contributed by atoms with Crippen LogP contribution in [0.2, 0.25) is 0 Å². The van der Waals surface area contributed by atoms with Crippen molar-refractivity contribution in [2.45, 2.75) is 0 Å². The van der Waals surface area contributed by atoms with Gasteiger partial charge < -0.3 is 9.80 Å². The molecule has 2 heterocycles. The number of rotatable bonds is 2. The molecule has 0 atom stereocenters. The van der Waals surface area contributed by atoms with Crippen LogP contribution in [0.25, 0.3) is 0 Å². The van der Waals surface area contributed by atoms with E-state index in [9.17, 15) is 14.4 Å². The lowest BCUT2D eigenvalue weighted by Gasteiger charge is -2.31. The second kappa shape index (κ2) is 4.17. The van der Waals surface area contributed by atoms with Crippen LogP contribution in [0.4, 0.5) is 0 Å². The summed E-state index contributed by atoms with van der Waals surface area (Å²) in [7, 11) is 0. The van der Waals surface area contributed by atoms with E-state index in [-0.39, 0.29) is 11.7 Å². The number of aromatic nitrogens is 3. The maximum atomic E-state index is 11.8. The summed E-state index contributed by atoms with van der Waals surface area (Å²) in [6.45, 7) is 1.91. The highest BCUT2D eigenvalue weighted by Crippen LogP contribution is 2.02. The van der Waals surface area contributed by atoms with Crippen molar-refractivity contribution in [3.63, 3.8) is 0 Å². The van der Waals surface area contributed by atoms with Crippen LogP contribution >= 0.6 is 0 Å². The minimum absolute atomic E-state index is 0.00422. The Morgan fingerprint density at radius 2 is 2.00 bits per heavy atom. The SMILES string of the molecule is O=CN1CCN(C(=O)c2n[nH]c(=O)[nH]2)CC1. The molecule has 1 aromatic rings. The van der Waals surface area contributed by atoms with Crippen LogP contribution in [0.3, 0.4) is 0 Å². The molecule has 0 aliphatic carbocycles. The van der Waals surface area contributed by atoms with E-state index in [0.29, 0.717) is 26.2 Å². The van der Waals surface area contributed by atoms with E-state index in [0.717, 1.165) is 6.41 Å². The van der Waals surface area contributed by atoms with Crippen molar-refractivity contribution < 1.29 is 9.59 Å². The van der Waals surface area contributed by atoms with E-state index < -0.39 is 5.69 Å². The summed E-state index contributed by atoms with van der Waals surface area (Å²) in [6.07, 6.45) is 0.762. The van der Waals surface area contributed by atoms with Gasteiger partial charge in [0, 0.05) is 26.2 Å². The number of carbonyl (C=O) groups is 2. The molecule has 0 unspecified atom stereocenters. The average molecular weight is 225 g/mol. The summed E-state index contributed by atoms with van der Waals surface area (Å²) >= 11 is 0. The number of aromatic amines is 2. The highest BCUT2D eigenvalue weighted by atomic mass is 16.2. The fraction of sp³-hybridized carbons (Fsp3) is 0.500. The van der Waals surface area contributed by atoms with Gasteiger partial charge in [-0.2, -0.15) is 0 Å². The first-order valence-electron chi connectivity index (χ1n) is 4.84. The van der Waals surface area contributed by atoms with Crippen LogP contribution in [0.1, 0.15) is 10.6 Å². The molecular formula is C8H11N5O3.